The average molecular weight is 308 g/mol. The lowest BCUT2D eigenvalue weighted by Gasteiger charge is -2.14. The molecule has 3 heteroatoms. The maximum atomic E-state index is 12.9. The Labute approximate surface area is 135 Å². The van der Waals surface area contributed by atoms with Crippen LogP contribution in [0, 0.1) is 13.8 Å². The van der Waals surface area contributed by atoms with Crippen LogP contribution in [0.2, 0.25) is 0 Å². The number of hydrogen-bond acceptors (Lipinski definition) is 3. The number of aryl methyl sites for hydroxylation is 2. The summed E-state index contributed by atoms with van der Waals surface area (Å²) in [4.78, 5) is 12.9. The van der Waals surface area contributed by atoms with Crippen molar-refractivity contribution in [2.75, 3.05) is 0 Å². The fraction of sp³-hybridized carbons (Fsp3) is 0.250. The standard InChI is InChI=1S/C20H20O3/c1-12(2)22-20-18(21)16-10-7-14(4)11-17(16)23-19(20)15-8-5-13(3)6-9-15/h5-12H,1-4H3. The van der Waals surface area contributed by atoms with Gasteiger partial charge < -0.3 is 9.15 Å². The predicted molar refractivity (Wildman–Crippen MR) is 93.2 cm³/mol. The summed E-state index contributed by atoms with van der Waals surface area (Å²) in [6, 6.07) is 13.5. The van der Waals surface area contributed by atoms with Crippen LogP contribution in [0.4, 0.5) is 0 Å². The first-order valence-corrected chi connectivity index (χ1v) is 7.77. The van der Waals surface area contributed by atoms with E-state index >= 15 is 0 Å². The molecule has 0 aliphatic heterocycles. The molecule has 118 valence electrons. The van der Waals surface area contributed by atoms with Gasteiger partial charge in [0, 0.05) is 5.56 Å². The van der Waals surface area contributed by atoms with Gasteiger partial charge in [0.1, 0.15) is 5.58 Å². The van der Waals surface area contributed by atoms with Gasteiger partial charge in [-0.2, -0.15) is 0 Å². The van der Waals surface area contributed by atoms with Crippen molar-refractivity contribution in [1.82, 2.24) is 0 Å². The Bertz CT molecular complexity index is 903. The molecule has 0 radical (unpaired) electrons. The van der Waals surface area contributed by atoms with Crippen LogP contribution in [-0.2, 0) is 0 Å². The zero-order chi connectivity index (χ0) is 16.6. The van der Waals surface area contributed by atoms with E-state index in [2.05, 4.69) is 0 Å². The molecule has 0 unspecified atom stereocenters. The third-order valence-electron chi connectivity index (χ3n) is 3.67. The van der Waals surface area contributed by atoms with Gasteiger partial charge >= 0.3 is 0 Å². The van der Waals surface area contributed by atoms with Crippen LogP contribution in [0.5, 0.6) is 5.75 Å². The van der Waals surface area contributed by atoms with Gasteiger partial charge in [0.05, 0.1) is 11.5 Å². The molecule has 0 spiro atoms. The van der Waals surface area contributed by atoms with Gasteiger partial charge in [0.25, 0.3) is 0 Å². The van der Waals surface area contributed by atoms with Crippen molar-refractivity contribution in [3.63, 3.8) is 0 Å². The van der Waals surface area contributed by atoms with Crippen LogP contribution in [0.3, 0.4) is 0 Å². The van der Waals surface area contributed by atoms with Crippen molar-refractivity contribution in [3.8, 4) is 17.1 Å². The van der Waals surface area contributed by atoms with Crippen molar-refractivity contribution in [2.24, 2.45) is 0 Å². The maximum absolute atomic E-state index is 12.9. The van der Waals surface area contributed by atoms with Crippen molar-refractivity contribution in [1.29, 1.82) is 0 Å². The number of fused-ring (bicyclic) bond motifs is 1. The number of ether oxygens (including phenoxy) is 1. The number of rotatable bonds is 3. The minimum Gasteiger partial charge on any atom is -0.484 e. The van der Waals surface area contributed by atoms with E-state index < -0.39 is 0 Å². The molecule has 0 saturated heterocycles. The van der Waals surface area contributed by atoms with Gasteiger partial charge in [-0.1, -0.05) is 35.9 Å². The highest BCUT2D eigenvalue weighted by Gasteiger charge is 2.18. The summed E-state index contributed by atoms with van der Waals surface area (Å²) in [6.07, 6.45) is -0.106. The van der Waals surface area contributed by atoms with Crippen molar-refractivity contribution in [3.05, 3.63) is 63.8 Å². The van der Waals surface area contributed by atoms with Crippen LogP contribution in [0.25, 0.3) is 22.3 Å². The summed E-state index contributed by atoms with van der Waals surface area (Å²) in [5.41, 5.74) is 3.50. The van der Waals surface area contributed by atoms with Crippen molar-refractivity contribution < 1.29 is 9.15 Å². The summed E-state index contributed by atoms with van der Waals surface area (Å²) in [5.74, 6) is 0.766. The Morgan fingerprint density at radius 1 is 0.957 bits per heavy atom. The SMILES string of the molecule is Cc1ccc(-c2oc3cc(C)ccc3c(=O)c2OC(C)C)cc1. The molecule has 1 aromatic heterocycles. The zero-order valence-corrected chi connectivity index (χ0v) is 13.8. The highest BCUT2D eigenvalue weighted by molar-refractivity contribution is 5.82. The maximum Gasteiger partial charge on any atom is 0.235 e. The fourth-order valence-corrected chi connectivity index (χ4v) is 2.52. The normalized spacial score (nSPS) is 11.2. The highest BCUT2D eigenvalue weighted by Crippen LogP contribution is 2.31. The molecule has 0 aliphatic carbocycles. The molecule has 0 atom stereocenters. The largest absolute Gasteiger partial charge is 0.484 e. The minimum atomic E-state index is -0.129. The second-order valence-corrected chi connectivity index (χ2v) is 6.12. The summed E-state index contributed by atoms with van der Waals surface area (Å²) in [6.45, 7) is 7.80. The summed E-state index contributed by atoms with van der Waals surface area (Å²) in [7, 11) is 0. The molecule has 3 nitrogen and oxygen atoms in total. The summed E-state index contributed by atoms with van der Waals surface area (Å²) < 4.78 is 11.8. The van der Waals surface area contributed by atoms with Gasteiger partial charge in [0.2, 0.25) is 11.2 Å². The zero-order valence-electron chi connectivity index (χ0n) is 13.8. The van der Waals surface area contributed by atoms with E-state index in [1.54, 1.807) is 6.07 Å². The molecule has 0 aliphatic rings. The molecule has 1 heterocycles. The molecule has 0 fully saturated rings. The van der Waals surface area contributed by atoms with Crippen LogP contribution in [-0.4, -0.2) is 6.10 Å². The Kier molecular flexibility index (Phi) is 3.95. The first-order valence-electron chi connectivity index (χ1n) is 7.77. The van der Waals surface area contributed by atoms with Crippen LogP contribution >= 0.6 is 0 Å². The van der Waals surface area contributed by atoms with E-state index in [1.165, 1.54) is 0 Å². The molecule has 2 aromatic carbocycles. The molecule has 3 rings (SSSR count). The Morgan fingerprint density at radius 3 is 2.26 bits per heavy atom. The molecule has 23 heavy (non-hydrogen) atoms. The van der Waals surface area contributed by atoms with E-state index in [0.717, 1.165) is 16.7 Å². The smallest absolute Gasteiger partial charge is 0.235 e. The number of benzene rings is 2. The van der Waals surface area contributed by atoms with E-state index in [4.69, 9.17) is 9.15 Å². The molecule has 0 bridgehead atoms. The molecular weight excluding hydrogens is 288 g/mol. The quantitative estimate of drug-likeness (QED) is 0.693. The number of hydrogen-bond donors (Lipinski definition) is 0. The first-order chi connectivity index (χ1) is 11.0. The molecule has 0 N–H and O–H groups in total. The predicted octanol–water partition coefficient (Wildman–Crippen LogP) is 4.86. The summed E-state index contributed by atoms with van der Waals surface area (Å²) >= 11 is 0. The average Bonchev–Trinajstić information content (AvgIpc) is 2.50. The van der Waals surface area contributed by atoms with E-state index in [1.807, 2.05) is 64.1 Å². The third kappa shape index (κ3) is 3.00. The molecule has 0 saturated carbocycles. The highest BCUT2D eigenvalue weighted by atomic mass is 16.5. The molecule has 0 amide bonds. The Balaban J connectivity index is 2.32. The van der Waals surface area contributed by atoms with Gasteiger partial charge in [-0.25, -0.2) is 0 Å². The second-order valence-electron chi connectivity index (χ2n) is 6.12. The van der Waals surface area contributed by atoms with Gasteiger partial charge in [-0.05, 0) is 45.4 Å². The third-order valence-corrected chi connectivity index (χ3v) is 3.67. The lowest BCUT2D eigenvalue weighted by atomic mass is 10.1. The van der Waals surface area contributed by atoms with Crippen LogP contribution < -0.4 is 10.2 Å². The van der Waals surface area contributed by atoms with Gasteiger partial charge in [-0.15, -0.1) is 0 Å². The lowest BCUT2D eigenvalue weighted by Crippen LogP contribution is -2.15. The van der Waals surface area contributed by atoms with Crippen molar-refractivity contribution >= 4 is 11.0 Å². The van der Waals surface area contributed by atoms with E-state index in [9.17, 15) is 4.79 Å². The van der Waals surface area contributed by atoms with E-state index in [-0.39, 0.29) is 17.3 Å². The second kappa shape index (κ2) is 5.92. The Morgan fingerprint density at radius 2 is 1.61 bits per heavy atom. The van der Waals surface area contributed by atoms with Crippen LogP contribution in [0.15, 0.2) is 51.7 Å². The first kappa shape index (κ1) is 15.3. The van der Waals surface area contributed by atoms with E-state index in [0.29, 0.717) is 16.7 Å². The monoisotopic (exact) mass is 308 g/mol. The Hall–Kier alpha value is -2.55. The topological polar surface area (TPSA) is 39.4 Å². The van der Waals surface area contributed by atoms with Crippen molar-refractivity contribution in [2.45, 2.75) is 33.8 Å². The van der Waals surface area contributed by atoms with Gasteiger partial charge in [-0.3, -0.25) is 4.79 Å². The van der Waals surface area contributed by atoms with Crippen LogP contribution in [0.1, 0.15) is 25.0 Å². The molecular formula is C20H20O3. The fourth-order valence-electron chi connectivity index (χ4n) is 2.52. The lowest BCUT2D eigenvalue weighted by molar-refractivity contribution is 0.236. The minimum absolute atomic E-state index is 0.106. The summed E-state index contributed by atoms with van der Waals surface area (Å²) in [5, 5.41) is 0.544. The molecule has 3 aromatic rings. The van der Waals surface area contributed by atoms with Gasteiger partial charge in [0.15, 0.2) is 5.76 Å².